The third-order valence-electron chi connectivity index (χ3n) is 3.15. The van der Waals surface area contributed by atoms with Gasteiger partial charge in [-0.15, -0.1) is 0 Å². The van der Waals surface area contributed by atoms with E-state index in [4.69, 9.17) is 4.74 Å². The van der Waals surface area contributed by atoms with Gasteiger partial charge in [-0.25, -0.2) is 4.79 Å². The van der Waals surface area contributed by atoms with Crippen molar-refractivity contribution in [3.8, 4) is 0 Å². The normalized spacial score (nSPS) is 11.9. The number of hydrogen-bond donors (Lipinski definition) is 1. The van der Waals surface area contributed by atoms with Crippen molar-refractivity contribution < 1.29 is 9.53 Å². The van der Waals surface area contributed by atoms with Crippen molar-refractivity contribution in [1.82, 2.24) is 0 Å². The Kier molecular flexibility index (Phi) is 7.01. The number of rotatable bonds is 7. The van der Waals surface area contributed by atoms with Gasteiger partial charge in [0.25, 0.3) is 0 Å². The Labute approximate surface area is 116 Å². The van der Waals surface area contributed by atoms with Crippen molar-refractivity contribution in [2.45, 2.75) is 59.0 Å². The zero-order valence-corrected chi connectivity index (χ0v) is 12.2. The summed E-state index contributed by atoms with van der Waals surface area (Å²) in [7, 11) is 0. The first-order chi connectivity index (χ1) is 9.13. The molecule has 1 amide bonds. The maximum Gasteiger partial charge on any atom is 0.411 e. The summed E-state index contributed by atoms with van der Waals surface area (Å²) in [6.45, 7) is 6.10. The second-order valence-corrected chi connectivity index (χ2v) is 5.01. The van der Waals surface area contributed by atoms with Crippen molar-refractivity contribution in [3.05, 3.63) is 29.8 Å². The Hall–Kier alpha value is -1.51. The highest BCUT2D eigenvalue weighted by Gasteiger charge is 2.10. The third-order valence-corrected chi connectivity index (χ3v) is 3.15. The lowest BCUT2D eigenvalue weighted by molar-refractivity contribution is 0.114. The summed E-state index contributed by atoms with van der Waals surface area (Å²) in [5.41, 5.74) is 1.85. The molecule has 0 unspecified atom stereocenters. The van der Waals surface area contributed by atoms with Gasteiger partial charge in [-0.3, -0.25) is 5.32 Å². The largest absolute Gasteiger partial charge is 0.446 e. The molecule has 19 heavy (non-hydrogen) atoms. The van der Waals surface area contributed by atoms with Gasteiger partial charge < -0.3 is 4.74 Å². The highest BCUT2D eigenvalue weighted by molar-refractivity contribution is 5.85. The number of unbranched alkanes of at least 4 members (excludes halogenated alkanes) is 3. The lowest BCUT2D eigenvalue weighted by Crippen LogP contribution is -2.20. The maximum atomic E-state index is 11.7. The Balaban J connectivity index is 2.29. The van der Waals surface area contributed by atoms with Crippen LogP contribution in [0.25, 0.3) is 0 Å². The molecule has 0 fully saturated rings. The Morgan fingerprint density at radius 1 is 1.26 bits per heavy atom. The molecule has 0 aromatic heterocycles. The summed E-state index contributed by atoms with van der Waals surface area (Å²) in [5, 5.41) is 2.78. The summed E-state index contributed by atoms with van der Waals surface area (Å²) in [6, 6.07) is 7.69. The van der Waals surface area contributed by atoms with Gasteiger partial charge in [-0.05, 0) is 38.3 Å². The molecular formula is C16H25NO2. The van der Waals surface area contributed by atoms with E-state index in [1.54, 1.807) is 0 Å². The summed E-state index contributed by atoms with van der Waals surface area (Å²) < 4.78 is 5.34. The number of aryl methyl sites for hydroxylation is 1. The van der Waals surface area contributed by atoms with E-state index in [1.807, 2.05) is 38.1 Å². The predicted molar refractivity (Wildman–Crippen MR) is 79.5 cm³/mol. The molecule has 0 bridgehead atoms. The summed E-state index contributed by atoms with van der Waals surface area (Å²) in [5.74, 6) is 0. The minimum absolute atomic E-state index is 0.0270. The number of carbonyl (C=O) groups excluding carboxylic acids is 1. The molecule has 0 aliphatic heterocycles. The van der Waals surface area contributed by atoms with Crippen LogP contribution in [0.1, 0.15) is 51.5 Å². The Morgan fingerprint density at radius 2 is 2.00 bits per heavy atom. The van der Waals surface area contributed by atoms with E-state index in [9.17, 15) is 4.79 Å². The van der Waals surface area contributed by atoms with Crippen LogP contribution in [0, 0.1) is 6.92 Å². The number of nitrogens with one attached hydrogen (secondary N) is 1. The third kappa shape index (κ3) is 6.27. The van der Waals surface area contributed by atoms with Crippen molar-refractivity contribution in [2.24, 2.45) is 0 Å². The van der Waals surface area contributed by atoms with Crippen LogP contribution in [-0.2, 0) is 4.74 Å². The summed E-state index contributed by atoms with van der Waals surface area (Å²) >= 11 is 0. The van der Waals surface area contributed by atoms with Crippen LogP contribution >= 0.6 is 0 Å². The molecule has 1 N–H and O–H groups in total. The first-order valence-corrected chi connectivity index (χ1v) is 7.16. The second kappa shape index (κ2) is 8.57. The van der Waals surface area contributed by atoms with Crippen LogP contribution < -0.4 is 5.32 Å². The van der Waals surface area contributed by atoms with Gasteiger partial charge in [-0.2, -0.15) is 0 Å². The fraction of sp³-hybridized carbons (Fsp3) is 0.562. The van der Waals surface area contributed by atoms with E-state index < -0.39 is 0 Å². The minimum Gasteiger partial charge on any atom is -0.446 e. The monoisotopic (exact) mass is 263 g/mol. The highest BCUT2D eigenvalue weighted by atomic mass is 16.6. The van der Waals surface area contributed by atoms with Crippen LogP contribution in [0.4, 0.5) is 10.5 Å². The standard InChI is InChI=1S/C16H25NO2/c1-4-5-6-7-11-14(3)19-16(18)17-15-12-9-8-10-13(15)2/h8-10,12,14H,4-7,11H2,1-3H3,(H,17,18)/t14-/m0/s1. The van der Waals surface area contributed by atoms with Gasteiger partial charge >= 0.3 is 6.09 Å². The highest BCUT2D eigenvalue weighted by Crippen LogP contribution is 2.14. The number of ether oxygens (including phenoxy) is 1. The molecule has 3 heteroatoms. The quantitative estimate of drug-likeness (QED) is 0.710. The number of para-hydroxylation sites is 1. The molecule has 0 saturated heterocycles. The molecule has 0 aliphatic carbocycles. The van der Waals surface area contributed by atoms with Crippen LogP contribution in [0.5, 0.6) is 0 Å². The molecule has 3 nitrogen and oxygen atoms in total. The molecule has 0 aliphatic rings. The molecule has 0 spiro atoms. The average molecular weight is 263 g/mol. The van der Waals surface area contributed by atoms with Crippen LogP contribution in [0.3, 0.4) is 0 Å². The van der Waals surface area contributed by atoms with Gasteiger partial charge in [0.15, 0.2) is 0 Å². The number of amides is 1. The summed E-state index contributed by atoms with van der Waals surface area (Å²) in [4.78, 5) is 11.7. The first kappa shape index (κ1) is 15.5. The van der Waals surface area contributed by atoms with Crippen molar-refractivity contribution in [2.75, 3.05) is 5.32 Å². The van der Waals surface area contributed by atoms with E-state index in [1.165, 1.54) is 19.3 Å². The van der Waals surface area contributed by atoms with Gasteiger partial charge in [0.1, 0.15) is 6.10 Å². The fourth-order valence-electron chi connectivity index (χ4n) is 1.95. The number of carbonyl (C=O) groups is 1. The first-order valence-electron chi connectivity index (χ1n) is 7.16. The van der Waals surface area contributed by atoms with Crippen LogP contribution in [0.2, 0.25) is 0 Å². The lowest BCUT2D eigenvalue weighted by Gasteiger charge is -2.14. The molecule has 1 aromatic carbocycles. The minimum atomic E-state index is -0.364. The van der Waals surface area contributed by atoms with Crippen molar-refractivity contribution >= 4 is 11.8 Å². The van der Waals surface area contributed by atoms with Crippen molar-refractivity contribution in [1.29, 1.82) is 0 Å². The Bertz CT molecular complexity index is 390. The van der Waals surface area contributed by atoms with E-state index in [-0.39, 0.29) is 12.2 Å². The molecule has 0 heterocycles. The molecular weight excluding hydrogens is 238 g/mol. The van der Waals surface area contributed by atoms with E-state index in [0.717, 1.165) is 24.1 Å². The Morgan fingerprint density at radius 3 is 2.68 bits per heavy atom. The van der Waals surface area contributed by atoms with Crippen LogP contribution in [-0.4, -0.2) is 12.2 Å². The number of anilines is 1. The predicted octanol–water partition coefficient (Wildman–Crippen LogP) is 4.90. The van der Waals surface area contributed by atoms with Gasteiger partial charge in [0.05, 0.1) is 0 Å². The molecule has 0 saturated carbocycles. The van der Waals surface area contributed by atoms with E-state index >= 15 is 0 Å². The maximum absolute atomic E-state index is 11.7. The molecule has 1 rings (SSSR count). The molecule has 106 valence electrons. The zero-order valence-electron chi connectivity index (χ0n) is 12.2. The topological polar surface area (TPSA) is 38.3 Å². The second-order valence-electron chi connectivity index (χ2n) is 5.01. The zero-order chi connectivity index (χ0) is 14.1. The number of hydrogen-bond acceptors (Lipinski definition) is 2. The SMILES string of the molecule is CCCCCC[C@H](C)OC(=O)Nc1ccccc1C. The van der Waals surface area contributed by atoms with Gasteiger partial charge in [0.2, 0.25) is 0 Å². The lowest BCUT2D eigenvalue weighted by atomic mass is 10.1. The summed E-state index contributed by atoms with van der Waals surface area (Å²) in [6.07, 6.45) is 5.35. The van der Waals surface area contributed by atoms with E-state index in [2.05, 4.69) is 12.2 Å². The molecule has 0 radical (unpaired) electrons. The fourth-order valence-corrected chi connectivity index (χ4v) is 1.95. The molecule has 1 aromatic rings. The number of benzene rings is 1. The smallest absolute Gasteiger partial charge is 0.411 e. The van der Waals surface area contributed by atoms with E-state index in [0.29, 0.717) is 0 Å². The average Bonchev–Trinajstić information content (AvgIpc) is 2.37. The van der Waals surface area contributed by atoms with Gasteiger partial charge in [0, 0.05) is 5.69 Å². The van der Waals surface area contributed by atoms with Crippen molar-refractivity contribution in [3.63, 3.8) is 0 Å². The molecule has 1 atom stereocenters. The van der Waals surface area contributed by atoms with Gasteiger partial charge in [-0.1, -0.05) is 44.4 Å². The van der Waals surface area contributed by atoms with Crippen LogP contribution in [0.15, 0.2) is 24.3 Å².